The van der Waals surface area contributed by atoms with E-state index in [0.717, 1.165) is 31.8 Å². The lowest BCUT2D eigenvalue weighted by molar-refractivity contribution is 0.161. The van der Waals surface area contributed by atoms with Crippen LogP contribution in [0.15, 0.2) is 17.1 Å². The molecule has 1 unspecified atom stereocenters. The molecule has 1 fully saturated rings. The lowest BCUT2D eigenvalue weighted by Gasteiger charge is -2.17. The maximum atomic E-state index is 11.1. The zero-order chi connectivity index (χ0) is 10.7. The standard InChI is InChI=1S/C10H15N3O2/c1-15-7-8-2-3-13(6-8)9-4-10(14)12-11-5-9/h4-5,8H,2-3,6-7H2,1H3,(H,12,14). The topological polar surface area (TPSA) is 58.2 Å². The van der Waals surface area contributed by atoms with Gasteiger partial charge in [-0.2, -0.15) is 5.10 Å². The predicted molar refractivity (Wildman–Crippen MR) is 57.1 cm³/mol. The highest BCUT2D eigenvalue weighted by atomic mass is 16.5. The molecule has 0 amide bonds. The summed E-state index contributed by atoms with van der Waals surface area (Å²) in [5, 5.41) is 6.16. The highest BCUT2D eigenvalue weighted by molar-refractivity contribution is 5.43. The van der Waals surface area contributed by atoms with Gasteiger partial charge in [-0.1, -0.05) is 0 Å². The first-order valence-electron chi connectivity index (χ1n) is 5.08. The molecular formula is C10H15N3O2. The highest BCUT2D eigenvalue weighted by Crippen LogP contribution is 2.21. The molecule has 0 aromatic carbocycles. The lowest BCUT2D eigenvalue weighted by Crippen LogP contribution is -2.23. The zero-order valence-electron chi connectivity index (χ0n) is 8.77. The Morgan fingerprint density at radius 2 is 2.60 bits per heavy atom. The van der Waals surface area contributed by atoms with Gasteiger partial charge in [0.2, 0.25) is 0 Å². The van der Waals surface area contributed by atoms with Crippen LogP contribution >= 0.6 is 0 Å². The van der Waals surface area contributed by atoms with Crippen LogP contribution in [0.25, 0.3) is 0 Å². The van der Waals surface area contributed by atoms with Gasteiger partial charge in [0.15, 0.2) is 0 Å². The first kappa shape index (κ1) is 10.2. The molecule has 2 rings (SSSR count). The summed E-state index contributed by atoms with van der Waals surface area (Å²) in [7, 11) is 1.72. The van der Waals surface area contributed by atoms with Crippen LogP contribution < -0.4 is 10.5 Å². The Hall–Kier alpha value is -1.36. The van der Waals surface area contributed by atoms with Crippen molar-refractivity contribution in [1.82, 2.24) is 10.2 Å². The molecule has 5 nitrogen and oxygen atoms in total. The van der Waals surface area contributed by atoms with Crippen LogP contribution in [0, 0.1) is 5.92 Å². The van der Waals surface area contributed by atoms with Crippen LogP contribution in [-0.2, 0) is 4.74 Å². The Labute approximate surface area is 88.1 Å². The molecule has 15 heavy (non-hydrogen) atoms. The molecule has 5 heteroatoms. The van der Waals surface area contributed by atoms with E-state index in [0.29, 0.717) is 5.92 Å². The van der Waals surface area contributed by atoms with Gasteiger partial charge in [0.1, 0.15) is 0 Å². The number of nitrogens with zero attached hydrogens (tertiary/aromatic N) is 2. The van der Waals surface area contributed by atoms with Gasteiger partial charge in [-0.25, -0.2) is 5.10 Å². The van der Waals surface area contributed by atoms with Crippen molar-refractivity contribution >= 4 is 5.69 Å². The minimum Gasteiger partial charge on any atom is -0.384 e. The molecule has 82 valence electrons. The van der Waals surface area contributed by atoms with Gasteiger partial charge < -0.3 is 9.64 Å². The first-order chi connectivity index (χ1) is 7.29. The van der Waals surface area contributed by atoms with E-state index >= 15 is 0 Å². The average molecular weight is 209 g/mol. The number of aromatic amines is 1. The summed E-state index contributed by atoms with van der Waals surface area (Å²) < 4.78 is 5.12. The largest absolute Gasteiger partial charge is 0.384 e. The minimum atomic E-state index is -0.150. The predicted octanol–water partition coefficient (Wildman–Crippen LogP) is 0.243. The van der Waals surface area contributed by atoms with Gasteiger partial charge in [0.05, 0.1) is 18.5 Å². The zero-order valence-corrected chi connectivity index (χ0v) is 8.77. The fraction of sp³-hybridized carbons (Fsp3) is 0.600. The Morgan fingerprint density at radius 1 is 1.73 bits per heavy atom. The molecule has 0 saturated carbocycles. The van der Waals surface area contributed by atoms with Crippen molar-refractivity contribution in [2.24, 2.45) is 5.92 Å². The van der Waals surface area contributed by atoms with Crippen LogP contribution in [0.2, 0.25) is 0 Å². The second-order valence-electron chi connectivity index (χ2n) is 3.86. The van der Waals surface area contributed by atoms with E-state index in [-0.39, 0.29) is 5.56 Å². The summed E-state index contributed by atoms with van der Waals surface area (Å²) in [6.45, 7) is 2.70. The van der Waals surface area contributed by atoms with Gasteiger partial charge in [0.25, 0.3) is 5.56 Å². The normalized spacial score (nSPS) is 20.9. The van der Waals surface area contributed by atoms with Gasteiger partial charge in [0, 0.05) is 32.2 Å². The van der Waals surface area contributed by atoms with E-state index < -0.39 is 0 Å². The quantitative estimate of drug-likeness (QED) is 0.775. The van der Waals surface area contributed by atoms with Crippen molar-refractivity contribution in [3.8, 4) is 0 Å². The monoisotopic (exact) mass is 209 g/mol. The van der Waals surface area contributed by atoms with Crippen molar-refractivity contribution in [2.45, 2.75) is 6.42 Å². The summed E-state index contributed by atoms with van der Waals surface area (Å²) in [5.74, 6) is 0.564. The number of nitrogens with one attached hydrogen (secondary N) is 1. The molecule has 0 spiro atoms. The molecule has 1 aliphatic heterocycles. The van der Waals surface area contributed by atoms with Crippen LogP contribution in [0.3, 0.4) is 0 Å². The third kappa shape index (κ3) is 2.36. The number of anilines is 1. The van der Waals surface area contributed by atoms with E-state index in [4.69, 9.17) is 4.74 Å². The van der Waals surface area contributed by atoms with Crippen LogP contribution in [0.4, 0.5) is 5.69 Å². The van der Waals surface area contributed by atoms with Crippen molar-refractivity contribution in [2.75, 3.05) is 31.7 Å². The van der Waals surface area contributed by atoms with Crippen LogP contribution in [-0.4, -0.2) is 37.0 Å². The SMILES string of the molecule is COCC1CCN(c2cn[nH]c(=O)c2)C1. The fourth-order valence-electron chi connectivity index (χ4n) is 1.98. The Morgan fingerprint density at radius 3 is 3.33 bits per heavy atom. The van der Waals surface area contributed by atoms with E-state index in [9.17, 15) is 4.79 Å². The van der Waals surface area contributed by atoms with Gasteiger partial charge in [-0.3, -0.25) is 4.79 Å². The summed E-state index contributed by atoms with van der Waals surface area (Å²) >= 11 is 0. The van der Waals surface area contributed by atoms with Gasteiger partial charge in [-0.05, 0) is 6.42 Å². The number of hydrogen-bond donors (Lipinski definition) is 1. The van der Waals surface area contributed by atoms with Crippen molar-refractivity contribution < 1.29 is 4.74 Å². The number of hydrogen-bond acceptors (Lipinski definition) is 4. The molecule has 1 aromatic rings. The lowest BCUT2D eigenvalue weighted by atomic mass is 10.1. The third-order valence-corrected chi connectivity index (χ3v) is 2.70. The van der Waals surface area contributed by atoms with E-state index in [2.05, 4.69) is 15.1 Å². The van der Waals surface area contributed by atoms with Crippen molar-refractivity contribution in [3.05, 3.63) is 22.6 Å². The number of methoxy groups -OCH3 is 1. The molecule has 1 N–H and O–H groups in total. The Kier molecular flexibility index (Phi) is 3.01. The molecule has 1 saturated heterocycles. The van der Waals surface area contributed by atoms with E-state index in [1.165, 1.54) is 0 Å². The summed E-state index contributed by atoms with van der Waals surface area (Å²) in [6, 6.07) is 1.59. The number of H-pyrrole nitrogens is 1. The number of aromatic nitrogens is 2. The first-order valence-corrected chi connectivity index (χ1v) is 5.08. The third-order valence-electron chi connectivity index (χ3n) is 2.70. The molecular weight excluding hydrogens is 194 g/mol. The fourth-order valence-corrected chi connectivity index (χ4v) is 1.98. The second kappa shape index (κ2) is 4.44. The second-order valence-corrected chi connectivity index (χ2v) is 3.86. The molecule has 0 aliphatic carbocycles. The van der Waals surface area contributed by atoms with Gasteiger partial charge in [-0.15, -0.1) is 0 Å². The molecule has 1 atom stereocenters. The number of ether oxygens (including phenoxy) is 1. The van der Waals surface area contributed by atoms with Crippen molar-refractivity contribution in [1.29, 1.82) is 0 Å². The van der Waals surface area contributed by atoms with Gasteiger partial charge >= 0.3 is 0 Å². The molecule has 2 heterocycles. The maximum absolute atomic E-state index is 11.1. The highest BCUT2D eigenvalue weighted by Gasteiger charge is 2.22. The van der Waals surface area contributed by atoms with E-state index in [1.54, 1.807) is 19.4 Å². The summed E-state index contributed by atoms with van der Waals surface area (Å²) in [6.07, 6.45) is 2.80. The smallest absolute Gasteiger partial charge is 0.266 e. The summed E-state index contributed by atoms with van der Waals surface area (Å²) in [5.41, 5.74) is 0.750. The molecule has 1 aromatic heterocycles. The maximum Gasteiger partial charge on any atom is 0.266 e. The van der Waals surface area contributed by atoms with Crippen molar-refractivity contribution in [3.63, 3.8) is 0 Å². The Bertz CT molecular complexity index is 377. The molecule has 1 aliphatic rings. The molecule has 0 radical (unpaired) electrons. The van der Waals surface area contributed by atoms with E-state index in [1.807, 2.05) is 0 Å². The van der Waals surface area contributed by atoms with Crippen LogP contribution in [0.1, 0.15) is 6.42 Å². The molecule has 0 bridgehead atoms. The number of rotatable bonds is 3. The average Bonchev–Trinajstić information content (AvgIpc) is 2.67. The van der Waals surface area contributed by atoms with Crippen LogP contribution in [0.5, 0.6) is 0 Å². The minimum absolute atomic E-state index is 0.150. The summed E-state index contributed by atoms with van der Waals surface area (Å²) in [4.78, 5) is 13.3. The Balaban J connectivity index is 2.04.